The number of esters is 1. The van der Waals surface area contributed by atoms with Gasteiger partial charge >= 0.3 is 5.97 Å². The van der Waals surface area contributed by atoms with Crippen LogP contribution in [0.1, 0.15) is 10.4 Å². The van der Waals surface area contributed by atoms with Gasteiger partial charge in [0.2, 0.25) is 5.91 Å². The fourth-order valence-electron chi connectivity index (χ4n) is 2.71. The first-order valence-corrected chi connectivity index (χ1v) is 9.90. The number of amides is 1. The van der Waals surface area contributed by atoms with Gasteiger partial charge in [-0.05, 0) is 29.6 Å². The molecule has 28 heavy (non-hydrogen) atoms. The molecule has 0 saturated carbocycles. The first-order chi connectivity index (χ1) is 13.5. The molecule has 2 N–H and O–H groups in total. The third-order valence-corrected chi connectivity index (χ3v) is 5.79. The van der Waals surface area contributed by atoms with Crippen LogP contribution in [0, 0.1) is 0 Å². The Bertz CT molecular complexity index is 1240. The Kier molecular flexibility index (Phi) is 4.76. The molecule has 0 spiro atoms. The number of carbonyl (C=O) groups is 2. The molecule has 140 valence electrons. The Labute approximate surface area is 166 Å². The molecule has 9 heteroatoms. The summed E-state index contributed by atoms with van der Waals surface area (Å²) in [6.07, 6.45) is 1.33. The molecule has 1 amide bonds. The van der Waals surface area contributed by atoms with E-state index in [0.717, 1.165) is 10.4 Å². The Morgan fingerprint density at radius 3 is 2.79 bits per heavy atom. The summed E-state index contributed by atoms with van der Waals surface area (Å²) < 4.78 is 6.45. The lowest BCUT2D eigenvalue weighted by molar-refractivity contribution is -0.135. The molecular formula is C19H13N3O4S2. The van der Waals surface area contributed by atoms with Crippen LogP contribution in [0.4, 0.5) is 0 Å². The Morgan fingerprint density at radius 1 is 1.18 bits per heavy atom. The average molecular weight is 411 g/mol. The van der Waals surface area contributed by atoms with Crippen molar-refractivity contribution in [2.24, 2.45) is 5.73 Å². The largest absolute Gasteiger partial charge is 0.425 e. The van der Waals surface area contributed by atoms with Crippen LogP contribution in [0.15, 0.2) is 58.3 Å². The summed E-state index contributed by atoms with van der Waals surface area (Å²) in [6, 6.07) is 9.82. The summed E-state index contributed by atoms with van der Waals surface area (Å²) in [5.41, 5.74) is 5.95. The van der Waals surface area contributed by atoms with Crippen LogP contribution in [-0.4, -0.2) is 21.4 Å². The van der Waals surface area contributed by atoms with Crippen LogP contribution in [0.25, 0.3) is 20.7 Å². The summed E-state index contributed by atoms with van der Waals surface area (Å²) in [5.74, 6) is -1.10. The molecule has 0 fully saturated rings. The highest BCUT2D eigenvalue weighted by atomic mass is 32.1. The average Bonchev–Trinajstić information content (AvgIpc) is 3.33. The minimum atomic E-state index is -0.655. The van der Waals surface area contributed by atoms with Crippen LogP contribution < -0.4 is 16.0 Å². The predicted octanol–water partition coefficient (Wildman–Crippen LogP) is 2.89. The number of thiophene rings is 2. The van der Waals surface area contributed by atoms with Gasteiger partial charge in [0.25, 0.3) is 5.56 Å². The molecule has 0 bridgehead atoms. The molecule has 0 aliphatic carbocycles. The zero-order valence-corrected chi connectivity index (χ0v) is 16.0. The number of primary amides is 1. The first-order valence-electron chi connectivity index (χ1n) is 8.14. The number of ether oxygens (including phenoxy) is 1. The Hall–Kier alpha value is -3.30. The van der Waals surface area contributed by atoms with Crippen LogP contribution >= 0.6 is 22.7 Å². The summed E-state index contributed by atoms with van der Waals surface area (Å²) >= 11 is 2.91. The molecule has 0 atom stereocenters. The molecule has 0 saturated heterocycles. The number of benzene rings is 1. The molecule has 0 aliphatic rings. The number of hydrogen-bond donors (Lipinski definition) is 1. The quantitative estimate of drug-likeness (QED) is 0.402. The van der Waals surface area contributed by atoms with E-state index >= 15 is 0 Å². The summed E-state index contributed by atoms with van der Waals surface area (Å²) in [6.45, 7) is -0.303. The van der Waals surface area contributed by atoms with Crippen molar-refractivity contribution >= 4 is 44.8 Å². The van der Waals surface area contributed by atoms with E-state index in [1.54, 1.807) is 6.07 Å². The molecule has 4 rings (SSSR count). The summed E-state index contributed by atoms with van der Waals surface area (Å²) in [7, 11) is 0. The van der Waals surface area contributed by atoms with Crippen LogP contribution in [0.2, 0.25) is 0 Å². The van der Waals surface area contributed by atoms with Crippen molar-refractivity contribution < 1.29 is 14.3 Å². The van der Waals surface area contributed by atoms with E-state index in [1.165, 1.54) is 51.8 Å². The van der Waals surface area contributed by atoms with E-state index in [4.69, 9.17) is 10.5 Å². The van der Waals surface area contributed by atoms with Gasteiger partial charge in [0.05, 0.1) is 11.7 Å². The van der Waals surface area contributed by atoms with Gasteiger partial charge in [0, 0.05) is 21.4 Å². The second kappa shape index (κ2) is 7.37. The number of fused-ring (bicyclic) bond motifs is 1. The van der Waals surface area contributed by atoms with Gasteiger partial charge in [-0.1, -0.05) is 12.1 Å². The maximum absolute atomic E-state index is 12.9. The monoisotopic (exact) mass is 411 g/mol. The highest BCUT2D eigenvalue weighted by Crippen LogP contribution is 2.33. The number of carbonyl (C=O) groups excluding carboxylic acids is 2. The molecule has 0 radical (unpaired) electrons. The van der Waals surface area contributed by atoms with Crippen molar-refractivity contribution in [3.05, 3.63) is 69.4 Å². The van der Waals surface area contributed by atoms with Gasteiger partial charge < -0.3 is 10.5 Å². The molecular weight excluding hydrogens is 398 g/mol. The standard InChI is InChI=1S/C19H13N3O4S2/c20-17(24)11-3-1-4-12(7-11)26-15(23)8-22-10-21-18-16(19(22)25)13(9-28-18)14-5-2-6-27-14/h1-7,9-10H,8H2,(H2,20,24). The second-order valence-corrected chi connectivity index (χ2v) is 7.66. The minimum Gasteiger partial charge on any atom is -0.425 e. The highest BCUT2D eigenvalue weighted by Gasteiger charge is 2.16. The van der Waals surface area contributed by atoms with E-state index in [2.05, 4.69) is 4.98 Å². The van der Waals surface area contributed by atoms with Crippen LogP contribution in [0.3, 0.4) is 0 Å². The molecule has 0 unspecified atom stereocenters. The summed E-state index contributed by atoms with van der Waals surface area (Å²) in [5, 5.41) is 4.31. The van der Waals surface area contributed by atoms with Gasteiger partial charge in [-0.2, -0.15) is 0 Å². The smallest absolute Gasteiger partial charge is 0.331 e. The van der Waals surface area contributed by atoms with E-state index < -0.39 is 11.9 Å². The van der Waals surface area contributed by atoms with Gasteiger partial charge in [0.1, 0.15) is 17.1 Å². The molecule has 3 heterocycles. The molecule has 4 aromatic rings. The van der Waals surface area contributed by atoms with Crippen molar-refractivity contribution in [2.75, 3.05) is 0 Å². The van der Waals surface area contributed by atoms with Crippen LogP contribution in [-0.2, 0) is 11.3 Å². The van der Waals surface area contributed by atoms with E-state index in [0.29, 0.717) is 10.2 Å². The van der Waals surface area contributed by atoms with Crippen molar-refractivity contribution in [1.82, 2.24) is 9.55 Å². The minimum absolute atomic E-state index is 0.179. The first kappa shape index (κ1) is 18.1. The number of rotatable bonds is 5. The predicted molar refractivity (Wildman–Crippen MR) is 108 cm³/mol. The van der Waals surface area contributed by atoms with Crippen molar-refractivity contribution in [2.45, 2.75) is 6.54 Å². The number of nitrogens with two attached hydrogens (primary N) is 1. The lowest BCUT2D eigenvalue weighted by Crippen LogP contribution is -2.26. The zero-order valence-electron chi connectivity index (χ0n) is 14.3. The molecule has 1 aromatic carbocycles. The lowest BCUT2D eigenvalue weighted by atomic mass is 10.2. The van der Waals surface area contributed by atoms with Crippen LogP contribution in [0.5, 0.6) is 5.75 Å². The molecule has 0 aliphatic heterocycles. The fourth-order valence-corrected chi connectivity index (χ4v) is 4.43. The van der Waals surface area contributed by atoms with E-state index in [1.807, 2.05) is 22.9 Å². The van der Waals surface area contributed by atoms with Gasteiger partial charge in [-0.25, -0.2) is 9.78 Å². The van der Waals surface area contributed by atoms with Crippen molar-refractivity contribution in [3.63, 3.8) is 0 Å². The normalized spacial score (nSPS) is 10.9. The topological polar surface area (TPSA) is 104 Å². The van der Waals surface area contributed by atoms with Gasteiger partial charge in [-0.3, -0.25) is 14.2 Å². The summed E-state index contributed by atoms with van der Waals surface area (Å²) in [4.78, 5) is 42.3. The Balaban J connectivity index is 1.61. The van der Waals surface area contributed by atoms with E-state index in [9.17, 15) is 14.4 Å². The zero-order chi connectivity index (χ0) is 19.7. The van der Waals surface area contributed by atoms with Crippen molar-refractivity contribution in [3.8, 4) is 16.2 Å². The van der Waals surface area contributed by atoms with Gasteiger partial charge in [0.15, 0.2) is 0 Å². The van der Waals surface area contributed by atoms with Crippen molar-refractivity contribution in [1.29, 1.82) is 0 Å². The third kappa shape index (κ3) is 3.45. The fraction of sp³-hybridized carbons (Fsp3) is 0.0526. The maximum atomic E-state index is 12.9. The molecule has 7 nitrogen and oxygen atoms in total. The third-order valence-electron chi connectivity index (χ3n) is 4.00. The SMILES string of the molecule is NC(=O)c1cccc(OC(=O)Cn2cnc3scc(-c4cccs4)c3c2=O)c1. The molecule has 3 aromatic heterocycles. The maximum Gasteiger partial charge on any atom is 0.331 e. The highest BCUT2D eigenvalue weighted by molar-refractivity contribution is 7.18. The number of hydrogen-bond acceptors (Lipinski definition) is 7. The number of aromatic nitrogens is 2. The lowest BCUT2D eigenvalue weighted by Gasteiger charge is -2.07. The second-order valence-electron chi connectivity index (χ2n) is 5.85. The van der Waals surface area contributed by atoms with Gasteiger partial charge in [-0.15, -0.1) is 22.7 Å². The Morgan fingerprint density at radius 2 is 2.04 bits per heavy atom. The number of nitrogens with zero attached hydrogens (tertiary/aromatic N) is 2. The van der Waals surface area contributed by atoms with E-state index in [-0.39, 0.29) is 23.4 Å².